The average Bonchev–Trinajstić information content (AvgIpc) is 2.31. The standard InChI is InChI=1S/C11H17N3O2/c1-3-14(4-2)11-12-9-5-6-16-7-8(9)10(15)13-11/h3-7H2,1-2H3,(H,12,13,15). The number of H-pyrrole nitrogens is 1. The van der Waals surface area contributed by atoms with Gasteiger partial charge in [0.15, 0.2) is 0 Å². The monoisotopic (exact) mass is 223 g/mol. The number of hydrogen-bond acceptors (Lipinski definition) is 4. The molecule has 0 aliphatic carbocycles. The number of fused-ring (bicyclic) bond motifs is 1. The SMILES string of the molecule is CCN(CC)c1nc2c(c(=O)[nH]1)COCC2. The van der Waals surface area contributed by atoms with Crippen molar-refractivity contribution in [2.24, 2.45) is 0 Å². The Bertz CT molecular complexity index is 424. The molecule has 5 heteroatoms. The summed E-state index contributed by atoms with van der Waals surface area (Å²) >= 11 is 0. The highest BCUT2D eigenvalue weighted by Gasteiger charge is 2.17. The zero-order chi connectivity index (χ0) is 11.5. The Balaban J connectivity index is 2.42. The van der Waals surface area contributed by atoms with Crippen molar-refractivity contribution in [2.75, 3.05) is 24.6 Å². The number of rotatable bonds is 3. The number of aromatic nitrogens is 2. The molecule has 0 aromatic carbocycles. The Hall–Kier alpha value is -1.36. The van der Waals surface area contributed by atoms with E-state index >= 15 is 0 Å². The molecule has 1 aromatic rings. The fourth-order valence-electron chi connectivity index (χ4n) is 1.90. The van der Waals surface area contributed by atoms with E-state index in [9.17, 15) is 4.79 Å². The van der Waals surface area contributed by atoms with E-state index in [1.54, 1.807) is 0 Å². The highest BCUT2D eigenvalue weighted by atomic mass is 16.5. The van der Waals surface area contributed by atoms with Gasteiger partial charge >= 0.3 is 0 Å². The summed E-state index contributed by atoms with van der Waals surface area (Å²) in [6, 6.07) is 0. The molecule has 5 nitrogen and oxygen atoms in total. The van der Waals surface area contributed by atoms with Gasteiger partial charge in [-0.3, -0.25) is 9.78 Å². The summed E-state index contributed by atoms with van der Waals surface area (Å²) in [6.07, 6.45) is 0.730. The molecule has 0 saturated carbocycles. The van der Waals surface area contributed by atoms with Gasteiger partial charge in [0.1, 0.15) is 0 Å². The Kier molecular flexibility index (Phi) is 3.24. The maximum atomic E-state index is 11.8. The number of hydrogen-bond donors (Lipinski definition) is 1. The lowest BCUT2D eigenvalue weighted by Crippen LogP contribution is -2.31. The molecule has 0 radical (unpaired) electrons. The van der Waals surface area contributed by atoms with E-state index in [0.717, 1.165) is 25.2 Å². The number of nitrogens with one attached hydrogen (secondary N) is 1. The number of anilines is 1. The van der Waals surface area contributed by atoms with Crippen LogP contribution in [0.25, 0.3) is 0 Å². The summed E-state index contributed by atoms with van der Waals surface area (Å²) in [7, 11) is 0. The van der Waals surface area contributed by atoms with Gasteiger partial charge in [0.2, 0.25) is 5.95 Å². The van der Waals surface area contributed by atoms with Crippen LogP contribution in [0.1, 0.15) is 25.1 Å². The molecule has 0 unspecified atom stereocenters. The minimum Gasteiger partial charge on any atom is -0.376 e. The van der Waals surface area contributed by atoms with Gasteiger partial charge < -0.3 is 9.64 Å². The quantitative estimate of drug-likeness (QED) is 0.819. The lowest BCUT2D eigenvalue weighted by Gasteiger charge is -2.22. The zero-order valence-corrected chi connectivity index (χ0v) is 9.75. The highest BCUT2D eigenvalue weighted by molar-refractivity contribution is 5.33. The first kappa shape index (κ1) is 11.1. The van der Waals surface area contributed by atoms with E-state index in [1.165, 1.54) is 0 Å². The predicted molar refractivity (Wildman–Crippen MR) is 61.8 cm³/mol. The van der Waals surface area contributed by atoms with Crippen LogP contribution in [0.15, 0.2) is 4.79 Å². The summed E-state index contributed by atoms with van der Waals surface area (Å²) < 4.78 is 5.26. The third-order valence-electron chi connectivity index (χ3n) is 2.88. The van der Waals surface area contributed by atoms with Gasteiger partial charge in [0.25, 0.3) is 5.56 Å². The maximum Gasteiger partial charge on any atom is 0.258 e. The maximum absolute atomic E-state index is 11.8. The summed E-state index contributed by atoms with van der Waals surface area (Å²) in [5, 5.41) is 0. The van der Waals surface area contributed by atoms with Crippen molar-refractivity contribution in [1.82, 2.24) is 9.97 Å². The lowest BCUT2D eigenvalue weighted by molar-refractivity contribution is 0.108. The van der Waals surface area contributed by atoms with Gasteiger partial charge in [-0.1, -0.05) is 0 Å². The molecule has 16 heavy (non-hydrogen) atoms. The molecule has 0 amide bonds. The van der Waals surface area contributed by atoms with Crippen molar-refractivity contribution in [3.63, 3.8) is 0 Å². The van der Waals surface area contributed by atoms with E-state index in [-0.39, 0.29) is 5.56 Å². The van der Waals surface area contributed by atoms with Crippen LogP contribution in [0.2, 0.25) is 0 Å². The van der Waals surface area contributed by atoms with Crippen LogP contribution < -0.4 is 10.5 Å². The van der Waals surface area contributed by atoms with Crippen LogP contribution in [-0.2, 0) is 17.8 Å². The largest absolute Gasteiger partial charge is 0.376 e. The lowest BCUT2D eigenvalue weighted by atomic mass is 10.1. The van der Waals surface area contributed by atoms with Gasteiger partial charge in [-0.2, -0.15) is 0 Å². The molecule has 1 N–H and O–H groups in total. The number of ether oxygens (including phenoxy) is 1. The molecule has 0 fully saturated rings. The normalized spacial score (nSPS) is 14.6. The topological polar surface area (TPSA) is 58.2 Å². The molecule has 0 saturated heterocycles. The average molecular weight is 223 g/mol. The molecule has 1 aliphatic heterocycles. The van der Waals surface area contributed by atoms with Crippen LogP contribution in [-0.4, -0.2) is 29.7 Å². The highest BCUT2D eigenvalue weighted by Crippen LogP contribution is 2.13. The molecule has 2 heterocycles. The first-order valence-electron chi connectivity index (χ1n) is 5.71. The number of nitrogens with zero attached hydrogens (tertiary/aromatic N) is 2. The van der Waals surface area contributed by atoms with Crippen LogP contribution in [0.5, 0.6) is 0 Å². The Morgan fingerprint density at radius 3 is 2.88 bits per heavy atom. The van der Waals surface area contributed by atoms with Gasteiger partial charge in [0.05, 0.1) is 24.5 Å². The van der Waals surface area contributed by atoms with E-state index in [1.807, 2.05) is 18.7 Å². The van der Waals surface area contributed by atoms with Crippen molar-refractivity contribution in [3.8, 4) is 0 Å². The second kappa shape index (κ2) is 4.65. The van der Waals surface area contributed by atoms with Gasteiger partial charge in [-0.15, -0.1) is 0 Å². The Labute approximate surface area is 94.5 Å². The summed E-state index contributed by atoms with van der Waals surface area (Å²) in [5.41, 5.74) is 1.51. The molecular formula is C11H17N3O2. The van der Waals surface area contributed by atoms with E-state index < -0.39 is 0 Å². The molecule has 0 bridgehead atoms. The smallest absolute Gasteiger partial charge is 0.258 e. The first-order valence-corrected chi connectivity index (χ1v) is 5.71. The number of aromatic amines is 1. The summed E-state index contributed by atoms with van der Waals surface area (Å²) in [5.74, 6) is 0.677. The molecular weight excluding hydrogens is 206 g/mol. The van der Waals surface area contributed by atoms with Crippen LogP contribution >= 0.6 is 0 Å². The van der Waals surface area contributed by atoms with Gasteiger partial charge in [0, 0.05) is 19.5 Å². The van der Waals surface area contributed by atoms with Crippen LogP contribution in [0.3, 0.4) is 0 Å². The van der Waals surface area contributed by atoms with Gasteiger partial charge in [-0.25, -0.2) is 4.98 Å². The van der Waals surface area contributed by atoms with E-state index in [2.05, 4.69) is 9.97 Å². The predicted octanol–water partition coefficient (Wildman–Crippen LogP) is 0.689. The molecule has 1 aliphatic rings. The van der Waals surface area contributed by atoms with Gasteiger partial charge in [-0.05, 0) is 13.8 Å². The summed E-state index contributed by atoms with van der Waals surface area (Å²) in [6.45, 7) is 6.82. The second-order valence-corrected chi connectivity index (χ2v) is 3.79. The van der Waals surface area contributed by atoms with Crippen molar-refractivity contribution in [2.45, 2.75) is 26.9 Å². The molecule has 88 valence electrons. The molecule has 0 spiro atoms. The molecule has 1 aromatic heterocycles. The zero-order valence-electron chi connectivity index (χ0n) is 9.75. The van der Waals surface area contributed by atoms with E-state index in [4.69, 9.17) is 4.74 Å². The van der Waals surface area contributed by atoms with Crippen LogP contribution in [0.4, 0.5) is 5.95 Å². The fourth-order valence-corrected chi connectivity index (χ4v) is 1.90. The Morgan fingerprint density at radius 1 is 1.44 bits per heavy atom. The fraction of sp³-hybridized carbons (Fsp3) is 0.636. The third-order valence-corrected chi connectivity index (χ3v) is 2.88. The Morgan fingerprint density at radius 2 is 2.19 bits per heavy atom. The third kappa shape index (κ3) is 1.95. The first-order chi connectivity index (χ1) is 7.76. The van der Waals surface area contributed by atoms with Crippen LogP contribution in [0, 0.1) is 0 Å². The summed E-state index contributed by atoms with van der Waals surface area (Å²) in [4.78, 5) is 21.2. The minimum absolute atomic E-state index is 0.0633. The second-order valence-electron chi connectivity index (χ2n) is 3.79. The van der Waals surface area contributed by atoms with E-state index in [0.29, 0.717) is 24.7 Å². The molecule has 2 rings (SSSR count). The minimum atomic E-state index is -0.0633. The van der Waals surface area contributed by atoms with Crippen molar-refractivity contribution in [1.29, 1.82) is 0 Å². The van der Waals surface area contributed by atoms with Crippen molar-refractivity contribution < 1.29 is 4.74 Å². The van der Waals surface area contributed by atoms with Crippen molar-refractivity contribution in [3.05, 3.63) is 21.6 Å². The molecule has 0 atom stereocenters. The van der Waals surface area contributed by atoms with Crippen molar-refractivity contribution >= 4 is 5.95 Å².